The van der Waals surface area contributed by atoms with Gasteiger partial charge in [-0.1, -0.05) is 23.1 Å². The zero-order valence-corrected chi connectivity index (χ0v) is 16.7. The predicted molar refractivity (Wildman–Crippen MR) is 102 cm³/mol. The number of ether oxygens (including phenoxy) is 1. The number of thioether (sulfide) groups is 1. The van der Waals surface area contributed by atoms with Crippen LogP contribution in [-0.2, 0) is 17.5 Å². The second kappa shape index (κ2) is 7.22. The Morgan fingerprint density at radius 3 is 2.88 bits per heavy atom. The quantitative estimate of drug-likeness (QED) is 0.459. The van der Waals surface area contributed by atoms with Gasteiger partial charge >= 0.3 is 5.97 Å². The number of aryl methyl sites for hydroxylation is 1. The molecule has 132 valence electrons. The van der Waals surface area contributed by atoms with Crippen molar-refractivity contribution in [3.05, 3.63) is 27.9 Å². The van der Waals surface area contributed by atoms with Crippen LogP contribution in [0, 0.1) is 0 Å². The Kier molecular flexibility index (Phi) is 5.21. The Labute approximate surface area is 160 Å². The highest BCUT2D eigenvalue weighted by Gasteiger charge is 2.24. The second-order valence-electron chi connectivity index (χ2n) is 5.12. The van der Waals surface area contributed by atoms with Gasteiger partial charge in [0.2, 0.25) is 5.13 Å². The summed E-state index contributed by atoms with van der Waals surface area (Å²) in [5.74, 6) is 0.147. The molecule has 0 saturated carbocycles. The molecular formula is C15H15BrN4O3S2. The van der Waals surface area contributed by atoms with E-state index in [1.165, 1.54) is 23.1 Å². The maximum absolute atomic E-state index is 12.5. The summed E-state index contributed by atoms with van der Waals surface area (Å²) in [5, 5.41) is 18.8. The summed E-state index contributed by atoms with van der Waals surface area (Å²) < 4.78 is 8.42. The highest BCUT2D eigenvalue weighted by Crippen LogP contribution is 2.37. The molecular weight excluding hydrogens is 428 g/mol. The van der Waals surface area contributed by atoms with Crippen molar-refractivity contribution in [2.75, 3.05) is 12.3 Å². The molecule has 0 unspecified atom stereocenters. The summed E-state index contributed by atoms with van der Waals surface area (Å²) in [4.78, 5) is 12.5. The van der Waals surface area contributed by atoms with Gasteiger partial charge in [-0.25, -0.2) is 4.79 Å². The first-order valence-corrected chi connectivity index (χ1v) is 9.90. The maximum Gasteiger partial charge on any atom is 0.340 e. The van der Waals surface area contributed by atoms with E-state index in [2.05, 4.69) is 26.1 Å². The van der Waals surface area contributed by atoms with Crippen molar-refractivity contribution in [2.45, 2.75) is 17.0 Å². The number of anilines is 1. The molecule has 0 amide bonds. The maximum atomic E-state index is 12.5. The number of rotatable bonds is 5. The van der Waals surface area contributed by atoms with Gasteiger partial charge in [-0.3, -0.25) is 0 Å². The van der Waals surface area contributed by atoms with E-state index in [0.29, 0.717) is 26.3 Å². The number of halogens is 1. The first-order chi connectivity index (χ1) is 11.9. The number of hydrogen-bond acceptors (Lipinski definition) is 8. The third-order valence-corrected chi connectivity index (χ3v) is 6.16. The van der Waals surface area contributed by atoms with Gasteiger partial charge in [0.25, 0.3) is 0 Å². The van der Waals surface area contributed by atoms with Gasteiger partial charge in [0.15, 0.2) is 4.34 Å². The van der Waals surface area contributed by atoms with Crippen LogP contribution < -0.4 is 5.73 Å². The number of carbonyl (C=O) groups excluding carboxylic acids is 1. The zero-order valence-electron chi connectivity index (χ0n) is 13.4. The summed E-state index contributed by atoms with van der Waals surface area (Å²) in [7, 11) is 1.87. The molecule has 3 aromatic rings. The van der Waals surface area contributed by atoms with Crippen LogP contribution in [0.25, 0.3) is 10.9 Å². The van der Waals surface area contributed by atoms with Crippen LogP contribution in [-0.4, -0.2) is 32.4 Å². The first-order valence-electron chi connectivity index (χ1n) is 7.31. The lowest BCUT2D eigenvalue weighted by molar-refractivity contribution is 0.0527. The number of esters is 1. The van der Waals surface area contributed by atoms with E-state index in [0.717, 1.165) is 15.6 Å². The Morgan fingerprint density at radius 1 is 1.48 bits per heavy atom. The largest absolute Gasteiger partial charge is 0.507 e. The summed E-state index contributed by atoms with van der Waals surface area (Å²) in [6, 6.07) is 3.35. The fourth-order valence-electron chi connectivity index (χ4n) is 2.51. The first kappa shape index (κ1) is 18.0. The number of carbonyl (C=O) groups is 1. The van der Waals surface area contributed by atoms with Crippen molar-refractivity contribution in [2.24, 2.45) is 7.05 Å². The Bertz CT molecular complexity index is 954. The summed E-state index contributed by atoms with van der Waals surface area (Å²) in [5.41, 5.74) is 7.66. The van der Waals surface area contributed by atoms with Crippen LogP contribution in [0.5, 0.6) is 5.75 Å². The predicted octanol–water partition coefficient (Wildman–Crippen LogP) is 3.55. The van der Waals surface area contributed by atoms with E-state index >= 15 is 0 Å². The molecule has 0 fully saturated rings. The van der Waals surface area contributed by atoms with Gasteiger partial charge in [0.05, 0.1) is 22.2 Å². The van der Waals surface area contributed by atoms with Crippen molar-refractivity contribution in [1.29, 1.82) is 0 Å². The number of phenolic OH excluding ortho intramolecular Hbond substituents is 1. The summed E-state index contributed by atoms with van der Waals surface area (Å²) >= 11 is 6.05. The van der Waals surface area contributed by atoms with Crippen molar-refractivity contribution >= 4 is 61.0 Å². The molecule has 2 heterocycles. The number of nitrogen functional groups attached to an aromatic ring is 1. The lowest BCUT2D eigenvalue weighted by atomic mass is 10.1. The molecule has 25 heavy (non-hydrogen) atoms. The van der Waals surface area contributed by atoms with Crippen molar-refractivity contribution in [3.8, 4) is 5.75 Å². The Morgan fingerprint density at radius 2 is 2.24 bits per heavy atom. The molecule has 0 aliphatic carbocycles. The normalized spacial score (nSPS) is 11.2. The van der Waals surface area contributed by atoms with Gasteiger partial charge in [0.1, 0.15) is 5.75 Å². The summed E-state index contributed by atoms with van der Waals surface area (Å²) in [6.45, 7) is 2.03. The monoisotopic (exact) mass is 442 g/mol. The van der Waals surface area contributed by atoms with Crippen LogP contribution in [0.3, 0.4) is 0 Å². The van der Waals surface area contributed by atoms with Crippen molar-refractivity contribution in [3.63, 3.8) is 0 Å². The Balaban J connectivity index is 2.09. The number of aromatic hydroxyl groups is 1. The molecule has 0 atom stereocenters. The number of benzene rings is 1. The molecule has 3 N–H and O–H groups in total. The molecule has 10 heteroatoms. The number of aromatic nitrogens is 3. The van der Waals surface area contributed by atoms with E-state index in [4.69, 9.17) is 10.5 Å². The number of fused-ring (bicyclic) bond motifs is 1. The highest BCUT2D eigenvalue weighted by atomic mass is 79.9. The zero-order chi connectivity index (χ0) is 18.1. The van der Waals surface area contributed by atoms with Gasteiger partial charge in [-0.2, -0.15) is 0 Å². The standard InChI is InChI=1S/C15H15BrN4O3S2/c1-3-23-13(22)12-7-4-11(21)8(16)5-9(7)20(2)10(12)6-24-15-19-18-14(17)25-15/h4-5,21H,3,6H2,1-2H3,(H2,17,18). The molecule has 3 rings (SSSR count). The second-order valence-corrected chi connectivity index (χ2v) is 8.20. The SMILES string of the molecule is CCOC(=O)c1c(CSc2nnc(N)s2)n(C)c2cc(Br)c(O)cc12. The molecule has 2 aromatic heterocycles. The number of hydrogen-bond donors (Lipinski definition) is 2. The third-order valence-electron chi connectivity index (χ3n) is 3.62. The molecule has 0 aliphatic heterocycles. The average Bonchev–Trinajstić information content (AvgIpc) is 3.09. The van der Waals surface area contributed by atoms with E-state index < -0.39 is 5.97 Å². The summed E-state index contributed by atoms with van der Waals surface area (Å²) in [6.07, 6.45) is 0. The fraction of sp³-hybridized carbons (Fsp3) is 0.267. The van der Waals surface area contributed by atoms with Crippen LogP contribution >= 0.6 is 39.0 Å². The topological polar surface area (TPSA) is 103 Å². The van der Waals surface area contributed by atoms with Gasteiger partial charge in [0, 0.05) is 23.9 Å². The number of phenols is 1. The molecule has 7 nitrogen and oxygen atoms in total. The lowest BCUT2D eigenvalue weighted by Crippen LogP contribution is -2.08. The van der Waals surface area contributed by atoms with Crippen LogP contribution in [0.15, 0.2) is 20.9 Å². The third kappa shape index (κ3) is 3.46. The average molecular weight is 443 g/mol. The lowest BCUT2D eigenvalue weighted by Gasteiger charge is -2.06. The molecule has 0 saturated heterocycles. The van der Waals surface area contributed by atoms with Crippen LogP contribution in [0.1, 0.15) is 23.0 Å². The molecule has 1 aromatic carbocycles. The van der Waals surface area contributed by atoms with E-state index in [1.54, 1.807) is 19.1 Å². The molecule has 0 spiro atoms. The minimum atomic E-state index is -0.415. The fourth-order valence-corrected chi connectivity index (χ4v) is 4.55. The van der Waals surface area contributed by atoms with Gasteiger partial charge in [-0.05, 0) is 35.0 Å². The molecule has 0 bridgehead atoms. The smallest absolute Gasteiger partial charge is 0.340 e. The van der Waals surface area contributed by atoms with E-state index in [1.807, 2.05) is 11.6 Å². The van der Waals surface area contributed by atoms with Crippen molar-refractivity contribution < 1.29 is 14.6 Å². The van der Waals surface area contributed by atoms with E-state index in [9.17, 15) is 9.90 Å². The molecule has 0 radical (unpaired) electrons. The van der Waals surface area contributed by atoms with Gasteiger partial charge in [-0.15, -0.1) is 10.2 Å². The highest BCUT2D eigenvalue weighted by molar-refractivity contribution is 9.10. The number of nitrogens with two attached hydrogens (primary N) is 1. The number of nitrogens with zero attached hydrogens (tertiary/aromatic N) is 3. The van der Waals surface area contributed by atoms with E-state index in [-0.39, 0.29) is 12.4 Å². The Hall–Kier alpha value is -1.78. The van der Waals surface area contributed by atoms with Gasteiger partial charge < -0.3 is 20.1 Å². The van der Waals surface area contributed by atoms with Crippen molar-refractivity contribution in [1.82, 2.24) is 14.8 Å². The molecule has 0 aliphatic rings. The van der Waals surface area contributed by atoms with Crippen LogP contribution in [0.4, 0.5) is 5.13 Å². The van der Waals surface area contributed by atoms with Crippen LogP contribution in [0.2, 0.25) is 0 Å². The minimum absolute atomic E-state index is 0.0692. The minimum Gasteiger partial charge on any atom is -0.507 e.